The van der Waals surface area contributed by atoms with Crippen LogP contribution in [0, 0.1) is 17.7 Å². The Kier molecular flexibility index (Phi) is 4.85. The van der Waals surface area contributed by atoms with E-state index >= 15 is 0 Å². The van der Waals surface area contributed by atoms with E-state index in [1.165, 1.54) is 0 Å². The first kappa shape index (κ1) is 14.8. The van der Waals surface area contributed by atoms with Gasteiger partial charge in [-0.25, -0.2) is 4.39 Å². The predicted molar refractivity (Wildman–Crippen MR) is 78.6 cm³/mol. The van der Waals surface area contributed by atoms with Gasteiger partial charge in [-0.1, -0.05) is 19.9 Å². The Morgan fingerprint density at radius 3 is 2.68 bits per heavy atom. The van der Waals surface area contributed by atoms with E-state index in [-0.39, 0.29) is 11.9 Å². The second kappa shape index (κ2) is 6.23. The minimum atomic E-state index is -0.339. The Hall–Kier alpha value is -0.610. The minimum Gasteiger partial charge on any atom is -0.487 e. The lowest BCUT2D eigenvalue weighted by molar-refractivity contribution is 0.0966. The molecule has 1 fully saturated rings. The van der Waals surface area contributed by atoms with Gasteiger partial charge < -0.3 is 10.5 Å². The molecule has 2 rings (SSSR count). The fraction of sp³-hybridized carbons (Fsp3) is 0.600. The molecule has 0 amide bonds. The molecule has 0 aromatic heterocycles. The van der Waals surface area contributed by atoms with Crippen LogP contribution in [0.25, 0.3) is 0 Å². The van der Waals surface area contributed by atoms with Crippen LogP contribution in [0.3, 0.4) is 0 Å². The first-order valence-corrected chi connectivity index (χ1v) is 7.65. The van der Waals surface area contributed by atoms with E-state index in [1.807, 2.05) is 6.07 Å². The van der Waals surface area contributed by atoms with E-state index in [1.54, 1.807) is 6.07 Å². The van der Waals surface area contributed by atoms with Crippen LogP contribution in [0.2, 0.25) is 0 Å². The van der Waals surface area contributed by atoms with Crippen LogP contribution in [0.1, 0.15) is 38.7 Å². The molecule has 106 valence electrons. The molecular formula is C15H21BrFNO. The fourth-order valence-corrected chi connectivity index (χ4v) is 3.09. The summed E-state index contributed by atoms with van der Waals surface area (Å²) in [7, 11) is 0. The molecule has 1 aliphatic rings. The highest BCUT2D eigenvalue weighted by molar-refractivity contribution is 9.10. The first-order valence-electron chi connectivity index (χ1n) is 6.86. The third-order valence-corrected chi connectivity index (χ3v) is 5.05. The number of benzene rings is 1. The van der Waals surface area contributed by atoms with Gasteiger partial charge in [-0.05, 0) is 58.7 Å². The highest BCUT2D eigenvalue weighted by atomic mass is 79.9. The molecule has 1 saturated carbocycles. The number of nitrogens with two attached hydrogens (primary N) is 1. The smallest absolute Gasteiger partial charge is 0.179 e. The van der Waals surface area contributed by atoms with Gasteiger partial charge in [-0.3, -0.25) is 0 Å². The maximum absolute atomic E-state index is 14.2. The van der Waals surface area contributed by atoms with Crippen molar-refractivity contribution in [3.63, 3.8) is 0 Å². The molecule has 0 radical (unpaired) electrons. The zero-order valence-corrected chi connectivity index (χ0v) is 13.0. The third kappa shape index (κ3) is 3.29. The molecule has 1 aliphatic carbocycles. The second-order valence-electron chi connectivity index (χ2n) is 5.56. The van der Waals surface area contributed by atoms with E-state index in [0.717, 1.165) is 30.7 Å². The minimum absolute atomic E-state index is 0.122. The van der Waals surface area contributed by atoms with Crippen LogP contribution in [0.4, 0.5) is 4.39 Å². The van der Waals surface area contributed by atoms with Gasteiger partial charge in [0.1, 0.15) is 0 Å². The molecule has 3 unspecified atom stereocenters. The maximum atomic E-state index is 14.2. The van der Waals surface area contributed by atoms with Crippen molar-refractivity contribution < 1.29 is 9.13 Å². The van der Waals surface area contributed by atoms with E-state index in [0.29, 0.717) is 22.7 Å². The Bertz CT molecular complexity index is 452. The van der Waals surface area contributed by atoms with E-state index in [9.17, 15) is 4.39 Å². The largest absolute Gasteiger partial charge is 0.487 e. The average molecular weight is 330 g/mol. The molecule has 0 spiro atoms. The molecule has 3 atom stereocenters. The third-order valence-electron chi connectivity index (χ3n) is 4.19. The Balaban J connectivity index is 2.09. The fourth-order valence-electron chi connectivity index (χ4n) is 2.61. The van der Waals surface area contributed by atoms with E-state index < -0.39 is 0 Å². The van der Waals surface area contributed by atoms with Crippen LogP contribution >= 0.6 is 15.9 Å². The van der Waals surface area contributed by atoms with Gasteiger partial charge in [-0.15, -0.1) is 0 Å². The van der Waals surface area contributed by atoms with Crippen LogP contribution in [-0.2, 0) is 6.54 Å². The van der Waals surface area contributed by atoms with E-state index in [2.05, 4.69) is 29.8 Å². The van der Waals surface area contributed by atoms with Crippen LogP contribution in [0.15, 0.2) is 16.6 Å². The monoisotopic (exact) mass is 329 g/mol. The van der Waals surface area contributed by atoms with Crippen LogP contribution in [0.5, 0.6) is 5.75 Å². The molecule has 2 N–H and O–H groups in total. The first-order chi connectivity index (χ1) is 9.02. The molecule has 1 aromatic carbocycles. The summed E-state index contributed by atoms with van der Waals surface area (Å²) in [6.45, 7) is 4.83. The topological polar surface area (TPSA) is 35.2 Å². The summed E-state index contributed by atoms with van der Waals surface area (Å²) in [5.74, 6) is 1.36. The van der Waals surface area contributed by atoms with Gasteiger partial charge in [0.25, 0.3) is 0 Å². The normalized spacial score (nSPS) is 27.3. The van der Waals surface area contributed by atoms with Gasteiger partial charge in [0, 0.05) is 6.54 Å². The summed E-state index contributed by atoms with van der Waals surface area (Å²) in [5, 5.41) is 0. The van der Waals surface area contributed by atoms with Crippen LogP contribution in [-0.4, -0.2) is 6.10 Å². The lowest BCUT2D eigenvalue weighted by atomic mass is 9.80. The van der Waals surface area contributed by atoms with Gasteiger partial charge in [-0.2, -0.15) is 0 Å². The van der Waals surface area contributed by atoms with Gasteiger partial charge >= 0.3 is 0 Å². The molecule has 0 bridgehead atoms. The molecule has 1 aromatic rings. The Morgan fingerprint density at radius 2 is 2.05 bits per heavy atom. The lowest BCUT2D eigenvalue weighted by Crippen LogP contribution is -2.29. The standard InChI is InChI=1S/C15H21BrFNO/c1-9-3-5-12(7-10(9)2)19-13-6-4-11(8-18)14(16)15(13)17/h4,6,9-10,12H,3,5,7-8,18H2,1-2H3. The SMILES string of the molecule is CC1CCC(Oc2ccc(CN)c(Br)c2F)CC1C. The molecule has 19 heavy (non-hydrogen) atoms. The quantitative estimate of drug-likeness (QED) is 0.899. The van der Waals surface area contributed by atoms with Gasteiger partial charge in [0.05, 0.1) is 10.6 Å². The number of ether oxygens (including phenoxy) is 1. The van der Waals surface area contributed by atoms with E-state index in [4.69, 9.17) is 10.5 Å². The molecule has 2 nitrogen and oxygen atoms in total. The summed E-state index contributed by atoms with van der Waals surface area (Å²) in [6, 6.07) is 3.50. The second-order valence-corrected chi connectivity index (χ2v) is 6.36. The maximum Gasteiger partial charge on any atom is 0.179 e. The molecule has 4 heteroatoms. The van der Waals surface area contributed by atoms with Crippen molar-refractivity contribution in [1.82, 2.24) is 0 Å². The highest BCUT2D eigenvalue weighted by Gasteiger charge is 2.26. The van der Waals surface area contributed by atoms with Gasteiger partial charge in [0.15, 0.2) is 11.6 Å². The Labute approximate surface area is 122 Å². The lowest BCUT2D eigenvalue weighted by Gasteiger charge is -2.32. The molecule has 0 heterocycles. The number of hydrogen-bond donors (Lipinski definition) is 1. The number of halogens is 2. The van der Waals surface area contributed by atoms with Crippen molar-refractivity contribution in [1.29, 1.82) is 0 Å². The zero-order chi connectivity index (χ0) is 14.0. The highest BCUT2D eigenvalue weighted by Crippen LogP contribution is 2.34. The Morgan fingerprint density at radius 1 is 1.32 bits per heavy atom. The summed E-state index contributed by atoms with van der Waals surface area (Å²) in [6.07, 6.45) is 3.27. The van der Waals surface area contributed by atoms with Crippen LogP contribution < -0.4 is 10.5 Å². The molecular weight excluding hydrogens is 309 g/mol. The summed E-state index contributed by atoms with van der Waals surface area (Å²) < 4.78 is 20.4. The van der Waals surface area contributed by atoms with Crippen molar-refractivity contribution in [2.45, 2.75) is 45.8 Å². The summed E-state index contributed by atoms with van der Waals surface area (Å²) >= 11 is 3.24. The number of rotatable bonds is 3. The summed E-state index contributed by atoms with van der Waals surface area (Å²) in [4.78, 5) is 0. The average Bonchev–Trinajstić information content (AvgIpc) is 2.40. The molecule has 0 saturated heterocycles. The van der Waals surface area contributed by atoms with Crippen molar-refractivity contribution in [2.75, 3.05) is 0 Å². The zero-order valence-electron chi connectivity index (χ0n) is 11.5. The number of hydrogen-bond acceptors (Lipinski definition) is 2. The van der Waals surface area contributed by atoms with Gasteiger partial charge in [0.2, 0.25) is 0 Å². The summed E-state index contributed by atoms with van der Waals surface area (Å²) in [5.41, 5.74) is 6.31. The predicted octanol–water partition coefficient (Wildman–Crippen LogP) is 4.25. The van der Waals surface area contributed by atoms with Crippen molar-refractivity contribution in [3.05, 3.63) is 28.0 Å². The van der Waals surface area contributed by atoms with Crippen molar-refractivity contribution in [2.24, 2.45) is 17.6 Å². The molecule has 0 aliphatic heterocycles. The van der Waals surface area contributed by atoms with Crippen molar-refractivity contribution in [3.8, 4) is 5.75 Å². The van der Waals surface area contributed by atoms with Crippen molar-refractivity contribution >= 4 is 15.9 Å².